The molecule has 0 spiro atoms. The highest BCUT2D eigenvalue weighted by atomic mass is 32.2. The van der Waals surface area contributed by atoms with Crippen molar-refractivity contribution in [3.05, 3.63) is 60.3 Å². The summed E-state index contributed by atoms with van der Waals surface area (Å²) in [4.78, 5) is 75.5. The van der Waals surface area contributed by atoms with Gasteiger partial charge in [-0.05, 0) is 82.1 Å². The van der Waals surface area contributed by atoms with E-state index in [1.165, 1.54) is 4.90 Å². The second-order valence-electron chi connectivity index (χ2n) is 15.5. The Bertz CT molecular complexity index is 1950. The number of aromatic nitrogens is 1. The smallest absolute Gasteiger partial charge is 0.270 e. The molecule has 294 valence electrons. The van der Waals surface area contributed by atoms with Crippen LogP contribution in [0.4, 0.5) is 0 Å². The van der Waals surface area contributed by atoms with Gasteiger partial charge in [-0.15, -0.1) is 0 Å². The Morgan fingerprint density at radius 2 is 1.69 bits per heavy atom. The molecular formula is C40H50N6O8S. The molecular weight excluding hydrogens is 725 g/mol. The number of hydrogen-bond donors (Lipinski definition) is 4. The van der Waals surface area contributed by atoms with Gasteiger partial charge >= 0.3 is 0 Å². The van der Waals surface area contributed by atoms with E-state index in [-0.39, 0.29) is 37.4 Å². The third-order valence-electron chi connectivity index (χ3n) is 11.2. The molecule has 5 amide bonds. The Labute approximate surface area is 321 Å². The zero-order chi connectivity index (χ0) is 38.6. The Morgan fingerprint density at radius 1 is 0.909 bits per heavy atom. The first kappa shape index (κ1) is 38.5. The van der Waals surface area contributed by atoms with Crippen LogP contribution < -0.4 is 25.4 Å². The molecule has 2 aromatic rings. The maximum Gasteiger partial charge on any atom is 0.270 e. The van der Waals surface area contributed by atoms with Crippen LogP contribution in [0.3, 0.4) is 0 Å². The predicted octanol–water partition coefficient (Wildman–Crippen LogP) is 3.28. The molecule has 5 aliphatic rings. The van der Waals surface area contributed by atoms with Crippen LogP contribution in [0.15, 0.2) is 54.6 Å². The van der Waals surface area contributed by atoms with Gasteiger partial charge in [0, 0.05) is 30.5 Å². The van der Waals surface area contributed by atoms with Gasteiger partial charge in [-0.1, -0.05) is 56.0 Å². The standard InChI is InChI=1S/C40H50N6O8S/c47-35-18-8-4-5-9-21-54-29-14-10-12-26(22-29)31-16-11-17-32(42-31)36(48)41-28-23-34-37(49)44-40(39(51)45-55(52,53)30-19-20-30)24-27(40)13-6-2-1-3-7-15-33(43-35)38(50)46(34)25-28/h6,10-14,16-17,22,27-28,30,33-34H,1-5,7-9,15,18-21,23-25H2,(H,41,48)(H,43,47)(H,44,49)(H,45,51)/t27-,28-,33+,34+,40-/m1/s1. The number of rotatable bonds is 3. The van der Waals surface area contributed by atoms with E-state index in [9.17, 15) is 32.4 Å². The highest BCUT2D eigenvalue weighted by Crippen LogP contribution is 2.46. The van der Waals surface area contributed by atoms with Crippen molar-refractivity contribution in [3.8, 4) is 17.0 Å². The minimum atomic E-state index is -3.89. The first-order valence-corrected chi connectivity index (χ1v) is 21.2. The molecule has 7 rings (SSSR count). The fourth-order valence-corrected chi connectivity index (χ4v) is 9.19. The third-order valence-corrected chi connectivity index (χ3v) is 13.0. The first-order valence-electron chi connectivity index (χ1n) is 19.7. The number of carbonyl (C=O) groups excluding carboxylic acids is 5. The lowest BCUT2D eigenvalue weighted by atomic mass is 10.0. The molecule has 3 aliphatic heterocycles. The van der Waals surface area contributed by atoms with Gasteiger partial charge in [0.1, 0.15) is 29.1 Å². The van der Waals surface area contributed by atoms with Gasteiger partial charge in [-0.25, -0.2) is 13.4 Å². The summed E-state index contributed by atoms with van der Waals surface area (Å²) >= 11 is 0. The topological polar surface area (TPSA) is 193 Å². The van der Waals surface area contributed by atoms with Gasteiger partial charge < -0.3 is 25.6 Å². The molecule has 2 aliphatic carbocycles. The van der Waals surface area contributed by atoms with Crippen LogP contribution in [0.1, 0.15) is 100 Å². The lowest BCUT2D eigenvalue weighted by Crippen LogP contribution is -2.58. The summed E-state index contributed by atoms with van der Waals surface area (Å²) in [6, 6.07) is 9.95. The van der Waals surface area contributed by atoms with Gasteiger partial charge in [0.2, 0.25) is 27.7 Å². The summed E-state index contributed by atoms with van der Waals surface area (Å²) in [5, 5.41) is 8.15. The van der Waals surface area contributed by atoms with E-state index in [1.54, 1.807) is 18.2 Å². The summed E-state index contributed by atoms with van der Waals surface area (Å²) in [6.07, 6.45) is 11.7. The monoisotopic (exact) mass is 774 g/mol. The van der Waals surface area contributed by atoms with E-state index in [4.69, 9.17) is 4.74 Å². The number of amides is 5. The normalized spacial score (nSPS) is 28.4. The summed E-state index contributed by atoms with van der Waals surface area (Å²) < 4.78 is 33.8. The molecule has 1 saturated heterocycles. The van der Waals surface area contributed by atoms with Crippen molar-refractivity contribution < 1.29 is 37.1 Å². The Hall–Kier alpha value is -4.79. The zero-order valence-corrected chi connectivity index (χ0v) is 31.8. The van der Waals surface area contributed by atoms with E-state index >= 15 is 0 Å². The number of allylic oxidation sites excluding steroid dienone is 1. The number of pyridine rings is 1. The number of sulfonamides is 1. The van der Waals surface area contributed by atoms with Crippen LogP contribution in [0.2, 0.25) is 0 Å². The molecule has 1 aromatic heterocycles. The van der Waals surface area contributed by atoms with Crippen LogP contribution in [0, 0.1) is 5.92 Å². The molecule has 15 heteroatoms. The molecule has 5 atom stereocenters. The highest BCUT2D eigenvalue weighted by molar-refractivity contribution is 7.91. The number of nitrogens with one attached hydrogen (secondary N) is 4. The van der Waals surface area contributed by atoms with Crippen LogP contribution in [0.25, 0.3) is 11.3 Å². The van der Waals surface area contributed by atoms with Crippen LogP contribution in [0.5, 0.6) is 5.75 Å². The lowest BCUT2D eigenvalue weighted by Gasteiger charge is -2.30. The zero-order valence-electron chi connectivity index (χ0n) is 31.0. The maximum absolute atomic E-state index is 14.5. The number of ether oxygens (including phenoxy) is 1. The third kappa shape index (κ3) is 9.20. The number of hydrogen-bond acceptors (Lipinski definition) is 9. The van der Waals surface area contributed by atoms with E-state index < -0.39 is 68.5 Å². The number of fused-ring (bicyclic) bond motifs is 8. The molecule has 55 heavy (non-hydrogen) atoms. The Morgan fingerprint density at radius 3 is 2.53 bits per heavy atom. The fraction of sp³-hybridized carbons (Fsp3) is 0.550. The predicted molar refractivity (Wildman–Crippen MR) is 203 cm³/mol. The minimum absolute atomic E-state index is 0.0211. The Kier molecular flexibility index (Phi) is 11.6. The van der Waals surface area contributed by atoms with Gasteiger partial charge in [0.25, 0.3) is 11.8 Å². The van der Waals surface area contributed by atoms with Crippen molar-refractivity contribution in [3.63, 3.8) is 0 Å². The quantitative estimate of drug-likeness (QED) is 0.339. The molecule has 14 nitrogen and oxygen atoms in total. The summed E-state index contributed by atoms with van der Waals surface area (Å²) in [5.41, 5.74) is -0.00573. The van der Waals surface area contributed by atoms with E-state index in [0.717, 1.165) is 37.7 Å². The minimum Gasteiger partial charge on any atom is -0.494 e. The average Bonchev–Trinajstić information content (AvgIpc) is 4.10. The summed E-state index contributed by atoms with van der Waals surface area (Å²) in [6.45, 7) is 0.489. The van der Waals surface area contributed by atoms with Crippen LogP contribution in [-0.4, -0.2) is 89.9 Å². The second kappa shape index (κ2) is 16.5. The number of nitrogens with zero attached hydrogens (tertiary/aromatic N) is 2. The van der Waals surface area contributed by atoms with Gasteiger partial charge in [-0.2, -0.15) is 0 Å². The lowest BCUT2D eigenvalue weighted by molar-refractivity contribution is -0.142. The van der Waals surface area contributed by atoms with Gasteiger partial charge in [0.15, 0.2) is 0 Å². The summed E-state index contributed by atoms with van der Waals surface area (Å²) in [5.74, 6) is -2.36. The van der Waals surface area contributed by atoms with Crippen molar-refractivity contribution in [1.29, 1.82) is 0 Å². The van der Waals surface area contributed by atoms with Gasteiger partial charge in [0.05, 0.1) is 17.6 Å². The largest absolute Gasteiger partial charge is 0.494 e. The van der Waals surface area contributed by atoms with Crippen molar-refractivity contribution in [2.75, 3.05) is 13.2 Å². The number of carbonyl (C=O) groups is 5. The van der Waals surface area contributed by atoms with Crippen molar-refractivity contribution in [2.45, 2.75) is 119 Å². The SMILES string of the molecule is O=C1CCCCCCOc2cccc(c2)-c2cccc(n2)C(=O)N[C@@H]2C[C@H]3C(=O)N[C@]4(C(=O)NS(=O)(=O)C5CC5)C[C@H]4C=CCCCCC[C@H](N1)C(=O)N3C2. The molecule has 1 aromatic carbocycles. The first-order chi connectivity index (χ1) is 26.5. The van der Waals surface area contributed by atoms with Crippen LogP contribution >= 0.6 is 0 Å². The molecule has 0 unspecified atom stereocenters. The van der Waals surface area contributed by atoms with E-state index in [0.29, 0.717) is 56.6 Å². The molecule has 3 fully saturated rings. The highest BCUT2D eigenvalue weighted by Gasteiger charge is 2.62. The summed E-state index contributed by atoms with van der Waals surface area (Å²) in [7, 11) is -3.89. The molecule has 2 saturated carbocycles. The molecule has 0 radical (unpaired) electrons. The van der Waals surface area contributed by atoms with E-state index in [2.05, 4.69) is 25.7 Å². The van der Waals surface area contributed by atoms with E-state index in [1.807, 2.05) is 36.4 Å². The average molecular weight is 775 g/mol. The maximum atomic E-state index is 14.5. The van der Waals surface area contributed by atoms with Crippen molar-refractivity contribution in [2.24, 2.45) is 5.92 Å². The van der Waals surface area contributed by atoms with Crippen molar-refractivity contribution in [1.82, 2.24) is 30.6 Å². The molecule has 4 heterocycles. The van der Waals surface area contributed by atoms with Gasteiger partial charge in [-0.3, -0.25) is 28.7 Å². The molecule has 7 bridgehead atoms. The van der Waals surface area contributed by atoms with Crippen LogP contribution in [-0.2, 0) is 29.2 Å². The Balaban J connectivity index is 1.18. The molecule has 4 N–H and O–H groups in total. The number of benzene rings is 1. The fourth-order valence-electron chi connectivity index (χ4n) is 7.83. The second-order valence-corrected chi connectivity index (χ2v) is 17.5. The van der Waals surface area contributed by atoms with Crippen molar-refractivity contribution >= 4 is 39.6 Å².